The Balaban J connectivity index is 2.86. The molecule has 0 fully saturated rings. The fourth-order valence-electron chi connectivity index (χ4n) is 0.917. The summed E-state index contributed by atoms with van der Waals surface area (Å²) in [6.07, 6.45) is 0. The maximum atomic E-state index is 11.6. The summed E-state index contributed by atoms with van der Waals surface area (Å²) in [4.78, 5) is 0.946. The molecule has 2 N–H and O–H groups in total. The van der Waals surface area contributed by atoms with Gasteiger partial charge in [0.2, 0.25) is 10.0 Å². The Labute approximate surface area is 87.6 Å². The van der Waals surface area contributed by atoms with Crippen molar-refractivity contribution in [1.82, 2.24) is 4.72 Å². The van der Waals surface area contributed by atoms with Crippen molar-refractivity contribution >= 4 is 21.4 Å². The zero-order valence-corrected chi connectivity index (χ0v) is 9.65. The van der Waals surface area contributed by atoms with Crippen LogP contribution in [-0.4, -0.2) is 26.2 Å². The van der Waals surface area contributed by atoms with E-state index in [9.17, 15) is 8.42 Å². The Hall–Kier alpha value is -0.430. The van der Waals surface area contributed by atoms with E-state index in [1.165, 1.54) is 11.3 Å². The Morgan fingerprint density at radius 3 is 2.64 bits per heavy atom. The molecule has 4 nitrogen and oxygen atoms in total. The van der Waals surface area contributed by atoms with Crippen molar-refractivity contribution in [3.8, 4) is 0 Å². The van der Waals surface area contributed by atoms with Gasteiger partial charge in [0.1, 0.15) is 4.21 Å². The zero-order valence-electron chi connectivity index (χ0n) is 8.02. The Morgan fingerprint density at radius 1 is 1.57 bits per heavy atom. The molecule has 1 aromatic heterocycles. The van der Waals surface area contributed by atoms with E-state index in [4.69, 9.17) is 5.11 Å². The van der Waals surface area contributed by atoms with Crippen LogP contribution in [0.25, 0.3) is 0 Å². The first-order valence-electron chi connectivity index (χ1n) is 4.15. The number of rotatable bonds is 4. The fourth-order valence-corrected chi connectivity index (χ4v) is 3.45. The summed E-state index contributed by atoms with van der Waals surface area (Å²) in [6.45, 7) is 3.25. The van der Waals surface area contributed by atoms with Gasteiger partial charge in [0.15, 0.2) is 0 Å². The van der Waals surface area contributed by atoms with Gasteiger partial charge in [0, 0.05) is 10.9 Å². The molecular formula is C8H13NO3S2. The second-order valence-corrected chi connectivity index (χ2v) is 6.30. The minimum Gasteiger partial charge on any atom is -0.395 e. The van der Waals surface area contributed by atoms with Gasteiger partial charge in [-0.2, -0.15) is 0 Å². The molecule has 0 saturated carbocycles. The lowest BCUT2D eigenvalue weighted by Crippen LogP contribution is -2.34. The highest BCUT2D eigenvalue weighted by atomic mass is 32.2. The van der Waals surface area contributed by atoms with Crippen LogP contribution in [-0.2, 0) is 10.0 Å². The summed E-state index contributed by atoms with van der Waals surface area (Å²) in [5.74, 6) is 0. The minimum atomic E-state index is -3.44. The molecule has 0 aromatic carbocycles. The minimum absolute atomic E-state index is 0.205. The molecule has 1 heterocycles. The number of sulfonamides is 1. The van der Waals surface area contributed by atoms with E-state index in [2.05, 4.69) is 4.72 Å². The van der Waals surface area contributed by atoms with Gasteiger partial charge in [-0.05, 0) is 26.0 Å². The number of nitrogens with one attached hydrogen (secondary N) is 1. The van der Waals surface area contributed by atoms with Gasteiger partial charge in [-0.1, -0.05) is 0 Å². The summed E-state index contributed by atoms with van der Waals surface area (Å²) in [6, 6.07) is 2.86. The lowest BCUT2D eigenvalue weighted by atomic mass is 10.4. The van der Waals surface area contributed by atoms with Crippen LogP contribution in [0, 0.1) is 6.92 Å². The van der Waals surface area contributed by atoms with Crippen molar-refractivity contribution in [2.75, 3.05) is 6.61 Å². The average Bonchev–Trinajstić information content (AvgIpc) is 2.51. The molecule has 0 amide bonds. The van der Waals surface area contributed by atoms with Gasteiger partial charge in [-0.15, -0.1) is 11.3 Å². The van der Waals surface area contributed by atoms with Crippen LogP contribution in [0.4, 0.5) is 0 Å². The van der Waals surface area contributed by atoms with Gasteiger partial charge in [-0.3, -0.25) is 0 Å². The third kappa shape index (κ3) is 2.78. The predicted molar refractivity (Wildman–Crippen MR) is 55.9 cm³/mol. The average molecular weight is 235 g/mol. The molecule has 1 unspecified atom stereocenters. The summed E-state index contributed by atoms with van der Waals surface area (Å²) in [5, 5.41) is 8.73. The summed E-state index contributed by atoms with van der Waals surface area (Å²) in [7, 11) is -3.44. The van der Waals surface area contributed by atoms with Crippen molar-refractivity contribution in [1.29, 1.82) is 0 Å². The standard InChI is InChI=1S/C8H13NO3S2/c1-6(5-10)9-14(11,12)8-4-3-7(2)13-8/h3-4,6,9-10H,5H2,1-2H3. The first-order valence-corrected chi connectivity index (χ1v) is 6.45. The highest BCUT2D eigenvalue weighted by Crippen LogP contribution is 2.20. The van der Waals surface area contributed by atoms with Gasteiger partial charge in [0.05, 0.1) is 6.61 Å². The Morgan fingerprint density at radius 2 is 2.21 bits per heavy atom. The van der Waals surface area contributed by atoms with E-state index in [0.717, 1.165) is 4.88 Å². The van der Waals surface area contributed by atoms with Crippen LogP contribution in [0.3, 0.4) is 0 Å². The normalized spacial score (nSPS) is 14.2. The smallest absolute Gasteiger partial charge is 0.250 e. The van der Waals surface area contributed by atoms with Crippen LogP contribution in [0.5, 0.6) is 0 Å². The van der Waals surface area contributed by atoms with Crippen LogP contribution >= 0.6 is 11.3 Å². The molecule has 80 valence electrons. The number of aliphatic hydroxyl groups excluding tert-OH is 1. The molecule has 14 heavy (non-hydrogen) atoms. The van der Waals surface area contributed by atoms with Crippen LogP contribution in [0.15, 0.2) is 16.3 Å². The lowest BCUT2D eigenvalue weighted by molar-refractivity contribution is 0.265. The van der Waals surface area contributed by atoms with E-state index in [0.29, 0.717) is 0 Å². The quantitative estimate of drug-likeness (QED) is 0.808. The predicted octanol–water partition coefficient (Wildman–Crippen LogP) is 0.716. The molecule has 0 aliphatic heterocycles. The van der Waals surface area contributed by atoms with Crippen molar-refractivity contribution in [3.63, 3.8) is 0 Å². The fraction of sp³-hybridized carbons (Fsp3) is 0.500. The maximum Gasteiger partial charge on any atom is 0.250 e. The third-order valence-corrected chi connectivity index (χ3v) is 4.69. The largest absolute Gasteiger partial charge is 0.395 e. The van der Waals surface area contributed by atoms with Gasteiger partial charge < -0.3 is 5.11 Å². The highest BCUT2D eigenvalue weighted by molar-refractivity contribution is 7.91. The number of thiophene rings is 1. The number of aryl methyl sites for hydroxylation is 1. The van der Waals surface area contributed by atoms with E-state index >= 15 is 0 Å². The van der Waals surface area contributed by atoms with Crippen molar-refractivity contribution < 1.29 is 13.5 Å². The van der Waals surface area contributed by atoms with Crippen LogP contribution < -0.4 is 4.72 Å². The second-order valence-electron chi connectivity index (χ2n) is 3.07. The maximum absolute atomic E-state index is 11.6. The number of aliphatic hydroxyl groups is 1. The molecule has 0 aliphatic carbocycles. The first-order chi connectivity index (χ1) is 6.45. The molecule has 1 atom stereocenters. The number of hydrogen-bond donors (Lipinski definition) is 2. The van der Waals surface area contributed by atoms with Gasteiger partial charge in [-0.25, -0.2) is 13.1 Å². The summed E-state index contributed by atoms with van der Waals surface area (Å²) in [5.41, 5.74) is 0. The topological polar surface area (TPSA) is 66.4 Å². The lowest BCUT2D eigenvalue weighted by Gasteiger charge is -2.09. The number of hydrogen-bond acceptors (Lipinski definition) is 4. The first kappa shape index (κ1) is 11.6. The summed E-state index contributed by atoms with van der Waals surface area (Å²) >= 11 is 1.22. The van der Waals surface area contributed by atoms with E-state index < -0.39 is 16.1 Å². The van der Waals surface area contributed by atoms with E-state index in [1.807, 2.05) is 6.92 Å². The Bertz CT molecular complexity index is 396. The van der Waals surface area contributed by atoms with E-state index in [1.54, 1.807) is 19.1 Å². The molecule has 0 bridgehead atoms. The molecule has 1 aromatic rings. The van der Waals surface area contributed by atoms with Crippen LogP contribution in [0.2, 0.25) is 0 Å². The van der Waals surface area contributed by atoms with Crippen LogP contribution in [0.1, 0.15) is 11.8 Å². The molecular weight excluding hydrogens is 222 g/mol. The van der Waals surface area contributed by atoms with Crippen molar-refractivity contribution in [2.24, 2.45) is 0 Å². The van der Waals surface area contributed by atoms with Gasteiger partial charge in [0.25, 0.3) is 0 Å². The van der Waals surface area contributed by atoms with Gasteiger partial charge >= 0.3 is 0 Å². The van der Waals surface area contributed by atoms with Crippen molar-refractivity contribution in [2.45, 2.75) is 24.1 Å². The van der Waals surface area contributed by atoms with Crippen molar-refractivity contribution in [3.05, 3.63) is 17.0 Å². The Kier molecular flexibility index (Phi) is 3.65. The SMILES string of the molecule is Cc1ccc(S(=O)(=O)NC(C)CO)s1. The molecule has 0 spiro atoms. The molecule has 0 radical (unpaired) electrons. The zero-order chi connectivity index (χ0) is 10.8. The molecule has 0 saturated heterocycles. The molecule has 0 aliphatic rings. The molecule has 1 rings (SSSR count). The monoisotopic (exact) mass is 235 g/mol. The summed E-state index contributed by atoms with van der Waals surface area (Å²) < 4.78 is 25.9. The third-order valence-electron chi connectivity index (χ3n) is 1.61. The van der Waals surface area contributed by atoms with E-state index in [-0.39, 0.29) is 10.8 Å². The molecule has 6 heteroatoms. The highest BCUT2D eigenvalue weighted by Gasteiger charge is 2.18. The second kappa shape index (κ2) is 4.39.